The van der Waals surface area contributed by atoms with Crippen LogP contribution in [0.2, 0.25) is 10.0 Å². The molecule has 0 radical (unpaired) electrons. The SMILES string of the molecule is COc1cc(/C=C/C(=O)OCCOc2c(Cl)cccc2Cl)cc(OC)c1OC. The number of hydrogen-bond donors (Lipinski definition) is 0. The van der Waals surface area contributed by atoms with Crippen LogP contribution in [0.25, 0.3) is 6.08 Å². The molecule has 0 aliphatic rings. The van der Waals surface area contributed by atoms with Gasteiger partial charge < -0.3 is 23.7 Å². The van der Waals surface area contributed by atoms with Crippen molar-refractivity contribution in [3.63, 3.8) is 0 Å². The molecule has 2 rings (SSSR count). The maximum Gasteiger partial charge on any atom is 0.330 e. The zero-order valence-corrected chi connectivity index (χ0v) is 17.2. The minimum Gasteiger partial charge on any atom is -0.493 e. The molecule has 0 bridgehead atoms. The van der Waals surface area contributed by atoms with Gasteiger partial charge in [-0.25, -0.2) is 4.79 Å². The Kier molecular flexibility index (Phi) is 8.29. The van der Waals surface area contributed by atoms with Gasteiger partial charge in [0.05, 0.1) is 31.4 Å². The number of hydrogen-bond acceptors (Lipinski definition) is 6. The molecular formula is C20H20Cl2O6. The summed E-state index contributed by atoms with van der Waals surface area (Å²) in [6, 6.07) is 8.47. The lowest BCUT2D eigenvalue weighted by atomic mass is 10.1. The van der Waals surface area contributed by atoms with Gasteiger partial charge in [0.15, 0.2) is 17.2 Å². The molecule has 0 aliphatic carbocycles. The van der Waals surface area contributed by atoms with E-state index in [1.807, 2.05) is 0 Å². The molecule has 2 aromatic rings. The van der Waals surface area contributed by atoms with Gasteiger partial charge in [-0.2, -0.15) is 0 Å². The van der Waals surface area contributed by atoms with Gasteiger partial charge in [-0.15, -0.1) is 0 Å². The van der Waals surface area contributed by atoms with Gasteiger partial charge in [-0.3, -0.25) is 0 Å². The van der Waals surface area contributed by atoms with Gasteiger partial charge in [0, 0.05) is 6.08 Å². The van der Waals surface area contributed by atoms with Crippen molar-refractivity contribution in [3.8, 4) is 23.0 Å². The van der Waals surface area contributed by atoms with Crippen molar-refractivity contribution in [1.29, 1.82) is 0 Å². The van der Waals surface area contributed by atoms with Crippen LogP contribution in [0, 0.1) is 0 Å². The van der Waals surface area contributed by atoms with E-state index < -0.39 is 5.97 Å². The molecule has 0 atom stereocenters. The largest absolute Gasteiger partial charge is 0.493 e. The molecule has 2 aromatic carbocycles. The molecule has 0 N–H and O–H groups in total. The highest BCUT2D eigenvalue weighted by Gasteiger charge is 2.12. The first-order chi connectivity index (χ1) is 13.5. The Morgan fingerprint density at radius 1 is 0.929 bits per heavy atom. The van der Waals surface area contributed by atoms with Crippen LogP contribution >= 0.6 is 23.2 Å². The zero-order valence-electron chi connectivity index (χ0n) is 15.7. The van der Waals surface area contributed by atoms with E-state index in [2.05, 4.69) is 0 Å². The van der Waals surface area contributed by atoms with Crippen LogP contribution in [0.4, 0.5) is 0 Å². The summed E-state index contributed by atoms with van der Waals surface area (Å²) in [6.45, 7) is 0.160. The van der Waals surface area contributed by atoms with Crippen molar-refractivity contribution in [2.75, 3.05) is 34.5 Å². The first-order valence-corrected chi connectivity index (χ1v) is 8.97. The van der Waals surface area contributed by atoms with E-state index in [0.29, 0.717) is 38.6 Å². The summed E-state index contributed by atoms with van der Waals surface area (Å²) < 4.78 is 26.4. The maximum absolute atomic E-state index is 11.9. The minimum absolute atomic E-state index is 0.0416. The number of para-hydroxylation sites is 1. The van der Waals surface area contributed by atoms with Gasteiger partial charge >= 0.3 is 5.97 Å². The maximum atomic E-state index is 11.9. The number of halogens is 2. The summed E-state index contributed by atoms with van der Waals surface area (Å²) in [6.07, 6.45) is 2.88. The number of esters is 1. The molecule has 0 fully saturated rings. The second kappa shape index (κ2) is 10.7. The van der Waals surface area contributed by atoms with Crippen LogP contribution in [0.1, 0.15) is 5.56 Å². The van der Waals surface area contributed by atoms with Crippen molar-refractivity contribution in [2.24, 2.45) is 0 Å². The second-order valence-corrected chi connectivity index (χ2v) is 6.17. The Morgan fingerprint density at radius 3 is 2.07 bits per heavy atom. The summed E-state index contributed by atoms with van der Waals surface area (Å²) in [4.78, 5) is 11.9. The Bertz CT molecular complexity index is 805. The number of benzene rings is 2. The van der Waals surface area contributed by atoms with Crippen LogP contribution in [0.3, 0.4) is 0 Å². The minimum atomic E-state index is -0.525. The highest BCUT2D eigenvalue weighted by molar-refractivity contribution is 6.37. The summed E-state index contributed by atoms with van der Waals surface area (Å²) in [5, 5.41) is 0.780. The molecule has 0 saturated heterocycles. The van der Waals surface area contributed by atoms with Gasteiger partial charge in [0.1, 0.15) is 13.2 Å². The molecule has 8 heteroatoms. The standard InChI is InChI=1S/C20H20Cl2O6/c1-24-16-11-13(12-17(25-2)20(16)26-3)7-8-18(23)27-9-10-28-19-14(21)5-4-6-15(19)22/h4-8,11-12H,9-10H2,1-3H3/b8-7+. The van der Waals surface area contributed by atoms with Gasteiger partial charge in [-0.1, -0.05) is 29.3 Å². The van der Waals surface area contributed by atoms with Gasteiger partial charge in [0.25, 0.3) is 0 Å². The number of ether oxygens (including phenoxy) is 5. The monoisotopic (exact) mass is 426 g/mol. The van der Waals surface area contributed by atoms with Crippen LogP contribution < -0.4 is 18.9 Å². The van der Waals surface area contributed by atoms with Gasteiger partial charge in [0.2, 0.25) is 5.75 Å². The summed E-state index contributed by atoms with van der Waals surface area (Å²) in [7, 11) is 4.56. The topological polar surface area (TPSA) is 63.2 Å². The Balaban J connectivity index is 1.91. The molecule has 0 amide bonds. The molecule has 0 saturated carbocycles. The lowest BCUT2D eigenvalue weighted by Crippen LogP contribution is -2.10. The van der Waals surface area contributed by atoms with E-state index in [1.165, 1.54) is 27.4 Å². The van der Waals surface area contributed by atoms with E-state index in [4.69, 9.17) is 46.9 Å². The average Bonchev–Trinajstić information content (AvgIpc) is 2.70. The van der Waals surface area contributed by atoms with E-state index in [1.54, 1.807) is 36.4 Å². The predicted octanol–water partition coefficient (Wildman–Crippen LogP) is 4.65. The first-order valence-electron chi connectivity index (χ1n) is 8.21. The number of carbonyl (C=O) groups excluding carboxylic acids is 1. The van der Waals surface area contributed by atoms with Crippen molar-refractivity contribution in [2.45, 2.75) is 0 Å². The predicted molar refractivity (Wildman–Crippen MR) is 108 cm³/mol. The van der Waals surface area contributed by atoms with Crippen molar-refractivity contribution < 1.29 is 28.5 Å². The lowest BCUT2D eigenvalue weighted by Gasteiger charge is -2.12. The average molecular weight is 427 g/mol. The molecule has 6 nitrogen and oxygen atoms in total. The number of methoxy groups -OCH3 is 3. The molecule has 0 heterocycles. The van der Waals surface area contributed by atoms with Crippen molar-refractivity contribution >= 4 is 35.2 Å². The fourth-order valence-electron chi connectivity index (χ4n) is 2.32. The molecule has 150 valence electrons. The van der Waals surface area contributed by atoms with Crippen LogP contribution in [0.15, 0.2) is 36.4 Å². The van der Waals surface area contributed by atoms with Crippen LogP contribution in [-0.4, -0.2) is 40.5 Å². The molecule has 0 aromatic heterocycles. The van der Waals surface area contributed by atoms with E-state index >= 15 is 0 Å². The molecular weight excluding hydrogens is 407 g/mol. The third kappa shape index (κ3) is 5.71. The van der Waals surface area contributed by atoms with Crippen LogP contribution in [0.5, 0.6) is 23.0 Å². The summed E-state index contributed by atoms with van der Waals surface area (Å²) >= 11 is 12.0. The second-order valence-electron chi connectivity index (χ2n) is 5.36. The highest BCUT2D eigenvalue weighted by atomic mass is 35.5. The molecule has 0 spiro atoms. The van der Waals surface area contributed by atoms with E-state index in [9.17, 15) is 4.79 Å². The van der Waals surface area contributed by atoms with E-state index in [-0.39, 0.29) is 13.2 Å². The Hall–Kier alpha value is -2.57. The number of rotatable bonds is 9. The van der Waals surface area contributed by atoms with Gasteiger partial charge in [-0.05, 0) is 35.9 Å². The molecule has 28 heavy (non-hydrogen) atoms. The Morgan fingerprint density at radius 2 is 1.54 bits per heavy atom. The fourth-order valence-corrected chi connectivity index (χ4v) is 2.82. The Labute approximate surface area is 173 Å². The third-order valence-corrected chi connectivity index (χ3v) is 4.19. The quantitative estimate of drug-likeness (QED) is 0.330. The first kappa shape index (κ1) is 21.7. The van der Waals surface area contributed by atoms with Crippen molar-refractivity contribution in [1.82, 2.24) is 0 Å². The molecule has 0 aliphatic heterocycles. The highest BCUT2D eigenvalue weighted by Crippen LogP contribution is 2.38. The normalized spacial score (nSPS) is 10.6. The van der Waals surface area contributed by atoms with E-state index in [0.717, 1.165) is 0 Å². The molecule has 0 unspecified atom stereocenters. The summed E-state index contributed by atoms with van der Waals surface area (Å²) in [5.74, 6) is 1.28. The fraction of sp³-hybridized carbons (Fsp3) is 0.250. The third-order valence-electron chi connectivity index (χ3n) is 3.59. The number of carbonyl (C=O) groups is 1. The summed E-state index contributed by atoms with van der Waals surface area (Å²) in [5.41, 5.74) is 0.686. The smallest absolute Gasteiger partial charge is 0.330 e. The van der Waals surface area contributed by atoms with Crippen molar-refractivity contribution in [3.05, 3.63) is 52.0 Å². The van der Waals surface area contributed by atoms with Crippen LogP contribution in [-0.2, 0) is 9.53 Å². The zero-order chi connectivity index (χ0) is 20.5. The lowest BCUT2D eigenvalue weighted by molar-refractivity contribution is -0.138.